The van der Waals surface area contributed by atoms with Gasteiger partial charge >= 0.3 is 5.97 Å². The number of carbonyl (C=O) groups is 1. The average molecular weight is 368 g/mol. The Bertz CT molecular complexity index is 360. The van der Waals surface area contributed by atoms with Crippen LogP contribution in [0.3, 0.4) is 0 Å². The van der Waals surface area contributed by atoms with Gasteiger partial charge in [-0.1, -0.05) is 102 Å². The Balaban J connectivity index is 0. The number of carboxylic acid groups (broad SMARTS) is 1. The van der Waals surface area contributed by atoms with Gasteiger partial charge in [-0.25, -0.2) is 4.79 Å². The largest absolute Gasteiger partial charge is 0.478 e. The van der Waals surface area contributed by atoms with Crippen molar-refractivity contribution in [3.63, 3.8) is 0 Å². The summed E-state index contributed by atoms with van der Waals surface area (Å²) >= 11 is 0. The highest BCUT2D eigenvalue weighted by Gasteiger charge is 1.92. The monoisotopic (exact) mass is 367 g/mol. The third-order valence-corrected chi connectivity index (χ3v) is 3.81. The topological polar surface area (TPSA) is 83.5 Å². The van der Waals surface area contributed by atoms with Crippen molar-refractivity contribution in [2.45, 2.75) is 84.0 Å². The summed E-state index contributed by atoms with van der Waals surface area (Å²) in [5, 5.41) is 16.2. The molecular formula is C22H41NO3. The van der Waals surface area contributed by atoms with E-state index in [0.717, 1.165) is 12.5 Å². The lowest BCUT2D eigenvalue weighted by Crippen LogP contribution is -2.02. The molecule has 0 heterocycles. The van der Waals surface area contributed by atoms with E-state index in [1.165, 1.54) is 76.7 Å². The summed E-state index contributed by atoms with van der Waals surface area (Å²) in [6.45, 7) is 2.74. The number of unbranched alkanes of at least 4 members (excludes halogenated alkanes) is 11. The van der Waals surface area contributed by atoms with Crippen molar-refractivity contribution in [2.24, 2.45) is 5.73 Å². The lowest BCUT2D eigenvalue weighted by molar-refractivity contribution is -0.131. The fourth-order valence-electron chi connectivity index (χ4n) is 2.37. The van der Waals surface area contributed by atoms with Crippen LogP contribution in [0.5, 0.6) is 0 Å². The normalized spacial score (nSPS) is 11.3. The number of aliphatic hydroxyl groups excluding tert-OH is 1. The maximum absolute atomic E-state index is 10.2. The second-order valence-corrected chi connectivity index (χ2v) is 6.35. The summed E-state index contributed by atoms with van der Waals surface area (Å²) in [4.78, 5) is 10.2. The van der Waals surface area contributed by atoms with Gasteiger partial charge < -0.3 is 15.9 Å². The van der Waals surface area contributed by atoms with E-state index in [2.05, 4.69) is 13.0 Å². The van der Waals surface area contributed by atoms with Crippen LogP contribution in [0.25, 0.3) is 0 Å². The van der Waals surface area contributed by atoms with Gasteiger partial charge in [0.1, 0.15) is 0 Å². The smallest absolute Gasteiger partial charge is 0.328 e. The summed E-state index contributed by atoms with van der Waals surface area (Å²) in [5.41, 5.74) is 4.78. The van der Waals surface area contributed by atoms with Crippen molar-refractivity contribution in [1.82, 2.24) is 0 Å². The Morgan fingerprint density at radius 2 is 1.27 bits per heavy atom. The molecule has 0 atom stereocenters. The Morgan fingerprint density at radius 1 is 0.808 bits per heavy atom. The summed E-state index contributed by atoms with van der Waals surface area (Å²) in [7, 11) is 0. The predicted octanol–water partition coefficient (Wildman–Crippen LogP) is 5.38. The van der Waals surface area contributed by atoms with E-state index < -0.39 is 5.97 Å². The quantitative estimate of drug-likeness (QED) is 0.194. The molecule has 4 N–H and O–H groups in total. The molecule has 26 heavy (non-hydrogen) atoms. The standard InChI is InChI=1S/C20H34O2.C2H7NO/c1-2-3-4-5-6-7-8-9-10-11-12-13-14-15-16-17-18-19-20(21)22;3-1-2-4/h14-19H,2-13H2,1H3,(H,21,22);4H,1-3H2. The first kappa shape index (κ1) is 26.8. The Morgan fingerprint density at radius 3 is 1.73 bits per heavy atom. The van der Waals surface area contributed by atoms with E-state index in [0.29, 0.717) is 6.54 Å². The zero-order valence-corrected chi connectivity index (χ0v) is 16.7. The van der Waals surface area contributed by atoms with Gasteiger partial charge in [-0.3, -0.25) is 0 Å². The summed E-state index contributed by atoms with van der Waals surface area (Å²) in [6, 6.07) is 0. The van der Waals surface area contributed by atoms with Gasteiger partial charge in [-0.05, 0) is 12.8 Å². The lowest BCUT2D eigenvalue weighted by Gasteiger charge is -2.01. The molecule has 0 spiro atoms. The SMILES string of the molecule is CCCCCCCCCCCCCC=CC=CC=CC(=O)O.NCCO. The van der Waals surface area contributed by atoms with Crippen LogP contribution in [-0.4, -0.2) is 29.3 Å². The maximum atomic E-state index is 10.2. The molecule has 0 aromatic rings. The van der Waals surface area contributed by atoms with Crippen LogP contribution in [0, 0.1) is 0 Å². The molecule has 4 heteroatoms. The van der Waals surface area contributed by atoms with Crippen molar-refractivity contribution >= 4 is 5.97 Å². The zero-order valence-electron chi connectivity index (χ0n) is 16.7. The molecule has 0 radical (unpaired) electrons. The van der Waals surface area contributed by atoms with Crippen LogP contribution in [0.15, 0.2) is 36.5 Å². The number of aliphatic carboxylic acids is 1. The van der Waals surface area contributed by atoms with E-state index in [1.807, 2.05) is 12.2 Å². The first-order valence-corrected chi connectivity index (χ1v) is 10.2. The highest BCUT2D eigenvalue weighted by atomic mass is 16.4. The summed E-state index contributed by atoms with van der Waals surface area (Å²) in [6.07, 6.45) is 26.7. The lowest BCUT2D eigenvalue weighted by atomic mass is 10.1. The summed E-state index contributed by atoms with van der Waals surface area (Å²) in [5.74, 6) is -0.908. The second-order valence-electron chi connectivity index (χ2n) is 6.35. The number of hydrogen-bond acceptors (Lipinski definition) is 3. The van der Waals surface area contributed by atoms with Gasteiger partial charge in [-0.15, -0.1) is 0 Å². The Hall–Kier alpha value is -1.39. The predicted molar refractivity (Wildman–Crippen MR) is 112 cm³/mol. The second kappa shape index (κ2) is 25.8. The van der Waals surface area contributed by atoms with Crippen molar-refractivity contribution < 1.29 is 15.0 Å². The minimum atomic E-state index is -0.908. The molecule has 0 saturated heterocycles. The van der Waals surface area contributed by atoms with E-state index in [1.54, 1.807) is 6.08 Å². The highest BCUT2D eigenvalue weighted by molar-refractivity contribution is 5.80. The fraction of sp³-hybridized carbons (Fsp3) is 0.682. The van der Waals surface area contributed by atoms with Gasteiger partial charge in [0, 0.05) is 12.6 Å². The molecule has 0 bridgehead atoms. The van der Waals surface area contributed by atoms with Crippen LogP contribution in [0.4, 0.5) is 0 Å². The molecule has 152 valence electrons. The molecule has 0 saturated carbocycles. The first-order valence-electron chi connectivity index (χ1n) is 10.2. The van der Waals surface area contributed by atoms with E-state index in [9.17, 15) is 4.79 Å². The van der Waals surface area contributed by atoms with Crippen molar-refractivity contribution in [1.29, 1.82) is 0 Å². The molecular weight excluding hydrogens is 326 g/mol. The van der Waals surface area contributed by atoms with Gasteiger partial charge in [-0.2, -0.15) is 0 Å². The maximum Gasteiger partial charge on any atom is 0.328 e. The Kier molecular flexibility index (Phi) is 26.7. The molecule has 4 nitrogen and oxygen atoms in total. The van der Waals surface area contributed by atoms with Crippen LogP contribution >= 0.6 is 0 Å². The number of nitrogens with two attached hydrogens (primary N) is 1. The number of allylic oxidation sites excluding steroid dienone is 5. The first-order chi connectivity index (χ1) is 12.7. The van der Waals surface area contributed by atoms with Crippen LogP contribution < -0.4 is 5.73 Å². The van der Waals surface area contributed by atoms with Crippen LogP contribution in [-0.2, 0) is 4.79 Å². The van der Waals surface area contributed by atoms with Gasteiger partial charge in [0.2, 0.25) is 0 Å². The minimum absolute atomic E-state index is 0.0972. The number of carboxylic acids is 1. The fourth-order valence-corrected chi connectivity index (χ4v) is 2.37. The molecule has 0 aromatic heterocycles. The van der Waals surface area contributed by atoms with Gasteiger partial charge in [0.15, 0.2) is 0 Å². The molecule has 0 amide bonds. The third-order valence-electron chi connectivity index (χ3n) is 3.81. The van der Waals surface area contributed by atoms with Gasteiger partial charge in [0.25, 0.3) is 0 Å². The molecule has 0 rings (SSSR count). The zero-order chi connectivity index (χ0) is 19.7. The average Bonchev–Trinajstić information content (AvgIpc) is 2.64. The van der Waals surface area contributed by atoms with E-state index in [4.69, 9.17) is 15.9 Å². The van der Waals surface area contributed by atoms with E-state index in [-0.39, 0.29) is 6.61 Å². The highest BCUT2D eigenvalue weighted by Crippen LogP contribution is 2.11. The van der Waals surface area contributed by atoms with Crippen molar-refractivity contribution in [2.75, 3.05) is 13.2 Å². The molecule has 0 aliphatic heterocycles. The summed E-state index contributed by atoms with van der Waals surface area (Å²) < 4.78 is 0. The minimum Gasteiger partial charge on any atom is -0.478 e. The molecule has 0 unspecified atom stereocenters. The van der Waals surface area contributed by atoms with Crippen molar-refractivity contribution in [3.05, 3.63) is 36.5 Å². The molecule has 0 fully saturated rings. The number of aliphatic hydroxyl groups is 1. The van der Waals surface area contributed by atoms with Crippen molar-refractivity contribution in [3.8, 4) is 0 Å². The van der Waals surface area contributed by atoms with Crippen LogP contribution in [0.2, 0.25) is 0 Å². The number of hydrogen-bond donors (Lipinski definition) is 3. The van der Waals surface area contributed by atoms with E-state index >= 15 is 0 Å². The third kappa shape index (κ3) is 30.5. The molecule has 0 aromatic carbocycles. The van der Waals surface area contributed by atoms with Crippen LogP contribution in [0.1, 0.15) is 84.0 Å². The Labute approximate surface area is 160 Å². The number of rotatable bonds is 16. The molecule has 0 aliphatic carbocycles. The van der Waals surface area contributed by atoms with Gasteiger partial charge in [0.05, 0.1) is 6.61 Å². The molecule has 0 aliphatic rings.